The molecule has 0 saturated heterocycles. The third-order valence-electron chi connectivity index (χ3n) is 1.73. The summed E-state index contributed by atoms with van der Waals surface area (Å²) >= 11 is 1.67. The summed E-state index contributed by atoms with van der Waals surface area (Å²) in [4.78, 5) is 12.0. The Kier molecular flexibility index (Phi) is 4.32. The van der Waals surface area contributed by atoms with Crippen LogP contribution in [0.4, 0.5) is 5.69 Å². The molecule has 1 N–H and O–H groups in total. The van der Waals surface area contributed by atoms with Gasteiger partial charge in [0.05, 0.1) is 7.11 Å². The highest BCUT2D eigenvalue weighted by Crippen LogP contribution is 2.18. The van der Waals surface area contributed by atoms with Gasteiger partial charge < -0.3 is 10.1 Å². The van der Waals surface area contributed by atoms with Crippen LogP contribution in [0, 0.1) is 0 Å². The molecular weight excluding hydrogens is 198 g/mol. The zero-order valence-electron chi connectivity index (χ0n) is 8.24. The summed E-state index contributed by atoms with van der Waals surface area (Å²) in [5.74, 6) is -0.264. The van der Waals surface area contributed by atoms with Crippen molar-refractivity contribution in [2.75, 3.05) is 25.2 Å². The van der Waals surface area contributed by atoms with E-state index >= 15 is 0 Å². The molecule has 0 bridgehead atoms. The van der Waals surface area contributed by atoms with Gasteiger partial charge in [0.1, 0.15) is 6.54 Å². The Morgan fingerprint density at radius 3 is 3.00 bits per heavy atom. The van der Waals surface area contributed by atoms with E-state index in [1.165, 1.54) is 12.0 Å². The maximum atomic E-state index is 10.8. The van der Waals surface area contributed by atoms with Crippen molar-refractivity contribution in [1.29, 1.82) is 0 Å². The topological polar surface area (TPSA) is 38.3 Å². The quantitative estimate of drug-likeness (QED) is 0.610. The van der Waals surface area contributed by atoms with Crippen molar-refractivity contribution in [2.24, 2.45) is 0 Å². The molecule has 3 nitrogen and oxygen atoms in total. The van der Waals surface area contributed by atoms with E-state index in [2.05, 4.69) is 10.1 Å². The molecule has 1 aromatic carbocycles. The van der Waals surface area contributed by atoms with Crippen LogP contribution in [0.1, 0.15) is 0 Å². The Bertz CT molecular complexity index is 315. The number of benzene rings is 1. The summed E-state index contributed by atoms with van der Waals surface area (Å²) in [5, 5.41) is 2.98. The van der Waals surface area contributed by atoms with Crippen molar-refractivity contribution in [1.82, 2.24) is 0 Å². The van der Waals surface area contributed by atoms with Crippen molar-refractivity contribution in [2.45, 2.75) is 4.90 Å². The molecule has 0 amide bonds. The third kappa shape index (κ3) is 3.30. The van der Waals surface area contributed by atoms with Gasteiger partial charge in [-0.15, -0.1) is 11.8 Å². The smallest absolute Gasteiger partial charge is 0.325 e. The number of rotatable bonds is 4. The summed E-state index contributed by atoms with van der Waals surface area (Å²) in [6.45, 7) is 0.203. The molecule has 0 fully saturated rings. The Morgan fingerprint density at radius 1 is 1.57 bits per heavy atom. The molecule has 0 aliphatic rings. The van der Waals surface area contributed by atoms with Crippen molar-refractivity contribution >= 4 is 23.4 Å². The zero-order valence-corrected chi connectivity index (χ0v) is 9.06. The number of nitrogens with one attached hydrogen (secondary N) is 1. The van der Waals surface area contributed by atoms with Gasteiger partial charge in [0.15, 0.2) is 0 Å². The summed E-state index contributed by atoms with van der Waals surface area (Å²) < 4.78 is 4.52. The minimum absolute atomic E-state index is 0.203. The second-order valence-corrected chi connectivity index (χ2v) is 3.54. The molecule has 4 heteroatoms. The number of anilines is 1. The highest BCUT2D eigenvalue weighted by Gasteiger charge is 1.99. The van der Waals surface area contributed by atoms with Crippen LogP contribution in [0.3, 0.4) is 0 Å². The summed E-state index contributed by atoms with van der Waals surface area (Å²) in [6.07, 6.45) is 2.01. The maximum Gasteiger partial charge on any atom is 0.325 e. The second-order valence-electron chi connectivity index (χ2n) is 2.66. The van der Waals surface area contributed by atoms with Gasteiger partial charge in [0.2, 0.25) is 0 Å². The van der Waals surface area contributed by atoms with Crippen LogP contribution < -0.4 is 5.32 Å². The van der Waals surface area contributed by atoms with Gasteiger partial charge in [-0.3, -0.25) is 4.79 Å². The number of thioether (sulfide) groups is 1. The minimum Gasteiger partial charge on any atom is -0.468 e. The molecule has 0 heterocycles. The molecule has 1 aromatic rings. The highest BCUT2D eigenvalue weighted by atomic mass is 32.2. The van der Waals surface area contributed by atoms with Gasteiger partial charge in [-0.25, -0.2) is 0 Å². The molecular formula is C10H13NO2S. The minimum atomic E-state index is -0.264. The van der Waals surface area contributed by atoms with Crippen LogP contribution >= 0.6 is 11.8 Å². The molecule has 0 atom stereocenters. The molecule has 0 spiro atoms. The number of hydrogen-bond donors (Lipinski definition) is 1. The lowest BCUT2D eigenvalue weighted by Crippen LogP contribution is -2.14. The molecule has 0 unspecified atom stereocenters. The number of ether oxygens (including phenoxy) is 1. The van der Waals surface area contributed by atoms with Crippen LogP contribution in [0.2, 0.25) is 0 Å². The van der Waals surface area contributed by atoms with Crippen molar-refractivity contribution < 1.29 is 9.53 Å². The first-order valence-electron chi connectivity index (χ1n) is 4.21. The normalized spacial score (nSPS) is 9.57. The van der Waals surface area contributed by atoms with E-state index in [-0.39, 0.29) is 12.5 Å². The summed E-state index contributed by atoms with van der Waals surface area (Å²) in [6, 6.07) is 7.88. The van der Waals surface area contributed by atoms with E-state index in [9.17, 15) is 4.79 Å². The predicted octanol–water partition coefficient (Wildman–Crippen LogP) is 1.99. The molecule has 0 radical (unpaired) electrons. The molecule has 14 heavy (non-hydrogen) atoms. The largest absolute Gasteiger partial charge is 0.468 e. The van der Waals surface area contributed by atoms with Crippen LogP contribution in [-0.2, 0) is 9.53 Å². The van der Waals surface area contributed by atoms with Crippen LogP contribution in [0.25, 0.3) is 0 Å². The first kappa shape index (κ1) is 10.9. The summed E-state index contributed by atoms with van der Waals surface area (Å²) in [7, 11) is 1.38. The zero-order chi connectivity index (χ0) is 10.4. The van der Waals surface area contributed by atoms with Crippen LogP contribution in [0.5, 0.6) is 0 Å². The van der Waals surface area contributed by atoms with Gasteiger partial charge in [-0.05, 0) is 24.5 Å². The van der Waals surface area contributed by atoms with Gasteiger partial charge >= 0.3 is 5.97 Å². The van der Waals surface area contributed by atoms with Gasteiger partial charge in [0, 0.05) is 10.6 Å². The number of carbonyl (C=O) groups is 1. The molecule has 0 aliphatic carbocycles. The fraction of sp³-hybridized carbons (Fsp3) is 0.300. The molecule has 0 aliphatic heterocycles. The Balaban J connectivity index is 2.54. The summed E-state index contributed by atoms with van der Waals surface area (Å²) in [5.41, 5.74) is 0.933. The second kappa shape index (κ2) is 5.54. The first-order valence-corrected chi connectivity index (χ1v) is 5.43. The first-order chi connectivity index (χ1) is 6.76. The lowest BCUT2D eigenvalue weighted by Gasteiger charge is -2.05. The van der Waals surface area contributed by atoms with Crippen LogP contribution in [-0.4, -0.2) is 25.9 Å². The molecule has 0 saturated carbocycles. The highest BCUT2D eigenvalue weighted by molar-refractivity contribution is 7.98. The van der Waals surface area contributed by atoms with Crippen molar-refractivity contribution in [3.63, 3.8) is 0 Å². The van der Waals surface area contributed by atoms with Crippen molar-refractivity contribution in [3.8, 4) is 0 Å². The van der Waals surface area contributed by atoms with E-state index in [0.29, 0.717) is 0 Å². The Hall–Kier alpha value is -1.16. The number of hydrogen-bond acceptors (Lipinski definition) is 4. The maximum absolute atomic E-state index is 10.8. The van der Waals surface area contributed by atoms with E-state index in [1.54, 1.807) is 11.8 Å². The standard InChI is InChI=1S/C10H13NO2S/c1-13-10(12)7-11-8-4-3-5-9(6-8)14-2/h3-6,11H,7H2,1-2H3. The average molecular weight is 211 g/mol. The van der Waals surface area contributed by atoms with E-state index in [0.717, 1.165) is 5.69 Å². The number of esters is 1. The van der Waals surface area contributed by atoms with Crippen molar-refractivity contribution in [3.05, 3.63) is 24.3 Å². The predicted molar refractivity (Wildman–Crippen MR) is 58.7 cm³/mol. The number of methoxy groups -OCH3 is 1. The van der Waals surface area contributed by atoms with E-state index in [4.69, 9.17) is 0 Å². The molecule has 0 aromatic heterocycles. The fourth-order valence-corrected chi connectivity index (χ4v) is 1.44. The van der Waals surface area contributed by atoms with Crippen LogP contribution in [0.15, 0.2) is 29.2 Å². The van der Waals surface area contributed by atoms with E-state index in [1.807, 2.05) is 30.5 Å². The van der Waals surface area contributed by atoms with Gasteiger partial charge in [-0.1, -0.05) is 6.07 Å². The van der Waals surface area contributed by atoms with Gasteiger partial charge in [0.25, 0.3) is 0 Å². The fourth-order valence-electron chi connectivity index (χ4n) is 0.979. The monoisotopic (exact) mass is 211 g/mol. The Morgan fingerprint density at radius 2 is 2.36 bits per heavy atom. The number of carbonyl (C=O) groups excluding carboxylic acids is 1. The van der Waals surface area contributed by atoms with Gasteiger partial charge in [-0.2, -0.15) is 0 Å². The Labute approximate surface area is 87.8 Å². The third-order valence-corrected chi connectivity index (χ3v) is 2.46. The SMILES string of the molecule is COC(=O)CNc1cccc(SC)c1. The lowest BCUT2D eigenvalue weighted by molar-refractivity contribution is -0.138. The lowest BCUT2D eigenvalue weighted by atomic mass is 10.3. The molecule has 1 rings (SSSR count). The van der Waals surface area contributed by atoms with E-state index < -0.39 is 0 Å². The molecule has 76 valence electrons. The average Bonchev–Trinajstić information content (AvgIpc) is 2.26.